The molecule has 0 unspecified atom stereocenters. The van der Waals surface area contributed by atoms with E-state index in [1.54, 1.807) is 19.2 Å². The average Bonchev–Trinajstić information content (AvgIpc) is 2.60. The van der Waals surface area contributed by atoms with E-state index in [4.69, 9.17) is 11.6 Å². The summed E-state index contributed by atoms with van der Waals surface area (Å²) in [7, 11) is 1.30. The minimum absolute atomic E-state index is 0.215. The van der Waals surface area contributed by atoms with Crippen molar-refractivity contribution in [3.8, 4) is 0 Å². The van der Waals surface area contributed by atoms with E-state index < -0.39 is 5.97 Å². The van der Waals surface area contributed by atoms with Crippen molar-refractivity contribution in [1.29, 1.82) is 0 Å². The molecular weight excluding hydrogens is 218 g/mol. The standard InChI is InChI=1S/C9H8ClN3O2/c1-5-4-13-7(8(10)11-5)3-6(12-13)9(14)15-2/h3-4H,1-2H3. The van der Waals surface area contributed by atoms with Crippen molar-refractivity contribution in [3.63, 3.8) is 0 Å². The Labute approximate surface area is 90.6 Å². The molecule has 0 aliphatic rings. The number of methoxy groups -OCH3 is 1. The first-order chi connectivity index (χ1) is 7.11. The van der Waals surface area contributed by atoms with Crippen molar-refractivity contribution in [2.75, 3.05) is 7.11 Å². The Morgan fingerprint density at radius 3 is 3.00 bits per heavy atom. The first-order valence-corrected chi connectivity index (χ1v) is 4.60. The Kier molecular flexibility index (Phi) is 2.32. The van der Waals surface area contributed by atoms with Crippen LogP contribution in [-0.2, 0) is 4.74 Å². The molecule has 2 rings (SSSR count). The van der Waals surface area contributed by atoms with Crippen molar-refractivity contribution < 1.29 is 9.53 Å². The lowest BCUT2D eigenvalue weighted by Crippen LogP contribution is -2.02. The molecule has 0 spiro atoms. The number of esters is 1. The van der Waals surface area contributed by atoms with Crippen LogP contribution in [0.5, 0.6) is 0 Å². The lowest BCUT2D eigenvalue weighted by Gasteiger charge is -1.96. The molecule has 0 aliphatic carbocycles. The van der Waals surface area contributed by atoms with Gasteiger partial charge in [-0.2, -0.15) is 5.10 Å². The smallest absolute Gasteiger partial charge is 0.358 e. The highest BCUT2D eigenvalue weighted by molar-refractivity contribution is 6.32. The first-order valence-electron chi connectivity index (χ1n) is 4.22. The molecule has 0 aliphatic heterocycles. The Hall–Kier alpha value is -1.62. The molecule has 2 aromatic rings. The number of aryl methyl sites for hydroxylation is 1. The fourth-order valence-corrected chi connectivity index (χ4v) is 1.54. The second-order valence-corrected chi connectivity index (χ2v) is 3.38. The van der Waals surface area contributed by atoms with Gasteiger partial charge in [-0.1, -0.05) is 11.6 Å². The molecule has 78 valence electrons. The van der Waals surface area contributed by atoms with Gasteiger partial charge < -0.3 is 4.74 Å². The number of rotatable bonds is 1. The van der Waals surface area contributed by atoms with Crippen LogP contribution in [0.2, 0.25) is 5.15 Å². The van der Waals surface area contributed by atoms with Crippen LogP contribution in [0, 0.1) is 6.92 Å². The van der Waals surface area contributed by atoms with Gasteiger partial charge in [-0.3, -0.25) is 0 Å². The summed E-state index contributed by atoms with van der Waals surface area (Å²) < 4.78 is 6.07. The summed E-state index contributed by atoms with van der Waals surface area (Å²) in [5, 5.41) is 4.34. The summed E-state index contributed by atoms with van der Waals surface area (Å²) in [5.74, 6) is -0.493. The lowest BCUT2D eigenvalue weighted by atomic mass is 10.4. The zero-order valence-electron chi connectivity index (χ0n) is 8.19. The van der Waals surface area contributed by atoms with Crippen LogP contribution in [0.4, 0.5) is 0 Å². The van der Waals surface area contributed by atoms with Crippen LogP contribution in [0.25, 0.3) is 5.52 Å². The van der Waals surface area contributed by atoms with Gasteiger partial charge in [0.2, 0.25) is 0 Å². The number of hydrogen-bond donors (Lipinski definition) is 0. The van der Waals surface area contributed by atoms with E-state index in [1.165, 1.54) is 11.6 Å². The monoisotopic (exact) mass is 225 g/mol. The maximum atomic E-state index is 11.2. The molecule has 0 atom stereocenters. The number of carbonyl (C=O) groups is 1. The summed E-state index contributed by atoms with van der Waals surface area (Å²) >= 11 is 5.90. The third kappa shape index (κ3) is 1.66. The molecule has 0 bridgehead atoms. The third-order valence-electron chi connectivity index (χ3n) is 1.93. The van der Waals surface area contributed by atoms with Gasteiger partial charge in [0.25, 0.3) is 0 Å². The van der Waals surface area contributed by atoms with Crippen molar-refractivity contribution in [2.24, 2.45) is 0 Å². The number of nitrogens with zero attached hydrogens (tertiary/aromatic N) is 3. The van der Waals surface area contributed by atoms with E-state index in [1.807, 2.05) is 0 Å². The molecule has 2 aromatic heterocycles. The highest BCUT2D eigenvalue weighted by Gasteiger charge is 2.13. The fourth-order valence-electron chi connectivity index (χ4n) is 1.27. The van der Waals surface area contributed by atoms with Gasteiger partial charge in [-0.25, -0.2) is 14.3 Å². The largest absolute Gasteiger partial charge is 0.464 e. The minimum Gasteiger partial charge on any atom is -0.464 e. The van der Waals surface area contributed by atoms with Crippen LogP contribution in [0.1, 0.15) is 16.2 Å². The number of aromatic nitrogens is 3. The number of hydrogen-bond acceptors (Lipinski definition) is 4. The van der Waals surface area contributed by atoms with Crippen LogP contribution >= 0.6 is 11.6 Å². The summed E-state index contributed by atoms with van der Waals surface area (Å²) in [6, 6.07) is 1.54. The quantitative estimate of drug-likeness (QED) is 0.690. The molecule has 0 N–H and O–H groups in total. The van der Waals surface area contributed by atoms with Crippen molar-refractivity contribution in [2.45, 2.75) is 6.92 Å². The Bertz CT molecular complexity index is 535. The molecule has 0 saturated carbocycles. The Morgan fingerprint density at radius 2 is 2.33 bits per heavy atom. The van der Waals surface area contributed by atoms with E-state index in [9.17, 15) is 4.79 Å². The summed E-state index contributed by atoms with van der Waals surface area (Å²) in [5.41, 5.74) is 1.53. The average molecular weight is 226 g/mol. The van der Waals surface area contributed by atoms with Crippen LogP contribution < -0.4 is 0 Å². The van der Waals surface area contributed by atoms with Crippen molar-refractivity contribution >= 4 is 23.1 Å². The van der Waals surface area contributed by atoms with Crippen molar-refractivity contribution in [3.05, 3.63) is 28.8 Å². The maximum absolute atomic E-state index is 11.2. The summed E-state index contributed by atoms with van der Waals surface area (Å²) in [6.07, 6.45) is 1.69. The zero-order chi connectivity index (χ0) is 11.0. The first kappa shape index (κ1) is 9.92. The van der Waals surface area contributed by atoms with E-state index in [0.29, 0.717) is 10.7 Å². The molecule has 2 heterocycles. The molecule has 6 heteroatoms. The van der Waals surface area contributed by atoms with Gasteiger partial charge in [0.15, 0.2) is 10.8 Å². The number of fused-ring (bicyclic) bond motifs is 1. The van der Waals surface area contributed by atoms with E-state index >= 15 is 0 Å². The Morgan fingerprint density at radius 1 is 1.60 bits per heavy atom. The van der Waals surface area contributed by atoms with E-state index in [0.717, 1.165) is 5.69 Å². The molecule has 0 radical (unpaired) electrons. The third-order valence-corrected chi connectivity index (χ3v) is 2.20. The van der Waals surface area contributed by atoms with Gasteiger partial charge in [0, 0.05) is 6.07 Å². The highest BCUT2D eigenvalue weighted by atomic mass is 35.5. The molecule has 15 heavy (non-hydrogen) atoms. The van der Waals surface area contributed by atoms with E-state index in [-0.39, 0.29) is 5.69 Å². The summed E-state index contributed by atoms with van der Waals surface area (Å²) in [4.78, 5) is 15.3. The number of halogens is 1. The number of ether oxygens (including phenoxy) is 1. The highest BCUT2D eigenvalue weighted by Crippen LogP contribution is 2.16. The maximum Gasteiger partial charge on any atom is 0.358 e. The van der Waals surface area contributed by atoms with Gasteiger partial charge in [0.1, 0.15) is 5.52 Å². The topological polar surface area (TPSA) is 56.5 Å². The predicted molar refractivity (Wildman–Crippen MR) is 54.1 cm³/mol. The van der Waals surface area contributed by atoms with Crippen LogP contribution in [0.15, 0.2) is 12.3 Å². The normalized spacial score (nSPS) is 10.6. The second kappa shape index (κ2) is 3.51. The van der Waals surface area contributed by atoms with E-state index in [2.05, 4.69) is 14.8 Å². The van der Waals surface area contributed by atoms with Gasteiger partial charge in [-0.05, 0) is 6.92 Å². The van der Waals surface area contributed by atoms with Crippen LogP contribution in [0.3, 0.4) is 0 Å². The molecule has 0 aromatic carbocycles. The van der Waals surface area contributed by atoms with Crippen molar-refractivity contribution in [1.82, 2.24) is 14.6 Å². The van der Waals surface area contributed by atoms with Gasteiger partial charge in [-0.15, -0.1) is 0 Å². The minimum atomic E-state index is -0.493. The van der Waals surface area contributed by atoms with Gasteiger partial charge >= 0.3 is 5.97 Å². The molecule has 0 saturated heterocycles. The lowest BCUT2D eigenvalue weighted by molar-refractivity contribution is 0.0593. The van der Waals surface area contributed by atoms with Crippen LogP contribution in [-0.4, -0.2) is 27.7 Å². The molecular formula is C9H8ClN3O2. The fraction of sp³-hybridized carbons (Fsp3) is 0.222. The van der Waals surface area contributed by atoms with Gasteiger partial charge in [0.05, 0.1) is 19.0 Å². The summed E-state index contributed by atoms with van der Waals surface area (Å²) in [6.45, 7) is 1.80. The SMILES string of the molecule is COC(=O)c1cc2c(Cl)nc(C)cn2n1. The number of carbonyl (C=O) groups excluding carboxylic acids is 1. The molecule has 0 fully saturated rings. The molecule has 0 amide bonds. The predicted octanol–water partition coefficient (Wildman–Crippen LogP) is 1.48. The molecule has 5 nitrogen and oxygen atoms in total. The zero-order valence-corrected chi connectivity index (χ0v) is 8.95. The second-order valence-electron chi connectivity index (χ2n) is 3.02. The Balaban J connectivity index is 2.65.